The second-order valence-corrected chi connectivity index (χ2v) is 5.10. The molecule has 0 fully saturated rings. The summed E-state index contributed by atoms with van der Waals surface area (Å²) in [6, 6.07) is 7.08. The number of tetrazole rings is 1. The Balaban J connectivity index is 2.06. The van der Waals surface area contributed by atoms with Crippen LogP contribution >= 0.6 is 0 Å². The summed E-state index contributed by atoms with van der Waals surface area (Å²) in [6.07, 6.45) is 6.50. The Morgan fingerprint density at radius 2 is 1.77 bits per heavy atom. The van der Waals surface area contributed by atoms with Crippen molar-refractivity contribution >= 4 is 17.6 Å². The molecule has 0 atom stereocenters. The number of benzene rings is 1. The summed E-state index contributed by atoms with van der Waals surface area (Å²) in [5, 5.41) is 13.7. The van der Waals surface area contributed by atoms with Gasteiger partial charge in [-0.3, -0.25) is 0 Å². The lowest BCUT2D eigenvalue weighted by molar-refractivity contribution is -0.139. The third-order valence-corrected chi connectivity index (χ3v) is 3.64. The lowest BCUT2D eigenvalue weighted by atomic mass is 10.1. The van der Waals surface area contributed by atoms with Gasteiger partial charge in [-0.05, 0) is 41.6 Å². The molecule has 0 amide bonds. The number of carbonyl (C=O) groups excluding carboxylic acids is 2. The molecule has 26 heavy (non-hydrogen) atoms. The molecule has 1 aromatic carbocycles. The molecule has 2 aromatic rings. The number of anilines is 1. The zero-order valence-electron chi connectivity index (χ0n) is 14.0. The van der Waals surface area contributed by atoms with Crippen molar-refractivity contribution in [2.24, 2.45) is 0 Å². The number of aromatic nitrogens is 4. The molecule has 0 saturated carbocycles. The molecular formula is C17H15N5O4. The lowest BCUT2D eigenvalue weighted by Crippen LogP contribution is -2.26. The number of aromatic amines is 1. The number of H-pyrrole nitrogens is 1. The average Bonchev–Trinajstić information content (AvgIpc) is 3.13. The Morgan fingerprint density at radius 1 is 1.04 bits per heavy atom. The van der Waals surface area contributed by atoms with E-state index in [0.29, 0.717) is 11.5 Å². The van der Waals surface area contributed by atoms with Gasteiger partial charge in [0, 0.05) is 17.5 Å². The number of rotatable bonds is 4. The standard InChI is InChI=1S/C17H15N5O4/c1-25-16(23)13-5-3-4-10-22(14(13)17(24)26-2)12-8-6-11(7-9-12)15-18-20-21-19-15/h3-10H,1-2H3,(H,18,19,20,21). The number of hydrogen-bond acceptors (Lipinski definition) is 8. The summed E-state index contributed by atoms with van der Waals surface area (Å²) < 4.78 is 9.64. The Kier molecular flexibility index (Phi) is 4.88. The molecule has 1 aliphatic heterocycles. The van der Waals surface area contributed by atoms with Gasteiger partial charge < -0.3 is 14.4 Å². The van der Waals surface area contributed by atoms with Crippen LogP contribution in [0, 0.1) is 0 Å². The van der Waals surface area contributed by atoms with Crippen LogP contribution in [0.15, 0.2) is 60.0 Å². The van der Waals surface area contributed by atoms with E-state index in [1.807, 2.05) is 0 Å². The van der Waals surface area contributed by atoms with Crippen molar-refractivity contribution < 1.29 is 19.1 Å². The predicted molar refractivity (Wildman–Crippen MR) is 91.4 cm³/mol. The number of esters is 2. The van der Waals surface area contributed by atoms with Crippen LogP contribution in [-0.2, 0) is 19.1 Å². The van der Waals surface area contributed by atoms with Crippen molar-refractivity contribution in [1.82, 2.24) is 20.6 Å². The van der Waals surface area contributed by atoms with E-state index in [2.05, 4.69) is 20.6 Å². The summed E-state index contributed by atoms with van der Waals surface area (Å²) in [7, 11) is 2.50. The van der Waals surface area contributed by atoms with Crippen LogP contribution in [0.4, 0.5) is 5.69 Å². The fourth-order valence-corrected chi connectivity index (χ4v) is 2.42. The summed E-state index contributed by atoms with van der Waals surface area (Å²) in [5.41, 5.74) is 1.53. The lowest BCUT2D eigenvalue weighted by Gasteiger charge is -2.23. The monoisotopic (exact) mass is 353 g/mol. The highest BCUT2D eigenvalue weighted by molar-refractivity contribution is 6.05. The Labute approximate surface area is 148 Å². The Hall–Kier alpha value is -3.75. The van der Waals surface area contributed by atoms with Crippen LogP contribution < -0.4 is 4.90 Å². The van der Waals surface area contributed by atoms with Crippen molar-refractivity contribution in [2.75, 3.05) is 19.1 Å². The van der Waals surface area contributed by atoms with E-state index < -0.39 is 11.9 Å². The first-order valence-corrected chi connectivity index (χ1v) is 7.54. The van der Waals surface area contributed by atoms with Gasteiger partial charge in [0.15, 0.2) is 0 Å². The molecule has 0 radical (unpaired) electrons. The van der Waals surface area contributed by atoms with E-state index in [0.717, 1.165) is 5.56 Å². The minimum atomic E-state index is -0.663. The number of nitrogens with one attached hydrogen (secondary N) is 1. The number of ether oxygens (including phenoxy) is 2. The van der Waals surface area contributed by atoms with Crippen LogP contribution in [0.1, 0.15) is 0 Å². The van der Waals surface area contributed by atoms with Gasteiger partial charge in [0.1, 0.15) is 5.70 Å². The predicted octanol–water partition coefficient (Wildman–Crippen LogP) is 1.36. The maximum absolute atomic E-state index is 12.4. The summed E-state index contributed by atoms with van der Waals surface area (Å²) >= 11 is 0. The SMILES string of the molecule is COC(=O)C1=C(C(=O)OC)N(c2ccc(-c3nn[nH]n3)cc2)C=CC=C1. The molecule has 0 unspecified atom stereocenters. The molecule has 3 rings (SSSR count). The Bertz CT molecular complexity index is 898. The van der Waals surface area contributed by atoms with Gasteiger partial charge in [-0.1, -0.05) is 6.08 Å². The zero-order valence-corrected chi connectivity index (χ0v) is 14.0. The van der Waals surface area contributed by atoms with E-state index in [-0.39, 0.29) is 11.3 Å². The van der Waals surface area contributed by atoms with Gasteiger partial charge in [0.05, 0.1) is 19.8 Å². The van der Waals surface area contributed by atoms with Crippen molar-refractivity contribution in [3.8, 4) is 11.4 Å². The van der Waals surface area contributed by atoms with Gasteiger partial charge in [-0.25, -0.2) is 9.59 Å². The van der Waals surface area contributed by atoms with Gasteiger partial charge >= 0.3 is 11.9 Å². The largest absolute Gasteiger partial charge is 0.465 e. The zero-order chi connectivity index (χ0) is 18.5. The van der Waals surface area contributed by atoms with Crippen LogP contribution in [0.5, 0.6) is 0 Å². The molecule has 1 N–H and O–H groups in total. The van der Waals surface area contributed by atoms with Crippen LogP contribution in [0.2, 0.25) is 0 Å². The summed E-state index contributed by atoms with van der Waals surface area (Å²) in [6.45, 7) is 0. The third kappa shape index (κ3) is 3.22. The number of hydrogen-bond donors (Lipinski definition) is 1. The molecule has 2 heterocycles. The normalized spacial score (nSPS) is 13.5. The first-order valence-electron chi connectivity index (χ1n) is 7.54. The van der Waals surface area contributed by atoms with Gasteiger partial charge in [0.25, 0.3) is 0 Å². The highest BCUT2D eigenvalue weighted by Crippen LogP contribution is 2.27. The molecule has 1 aromatic heterocycles. The first kappa shape index (κ1) is 17.1. The molecule has 9 nitrogen and oxygen atoms in total. The number of methoxy groups -OCH3 is 2. The third-order valence-electron chi connectivity index (χ3n) is 3.64. The molecule has 1 aliphatic rings. The number of nitrogens with zero attached hydrogens (tertiary/aromatic N) is 4. The number of allylic oxidation sites excluding steroid dienone is 2. The van der Waals surface area contributed by atoms with Gasteiger partial charge in [0.2, 0.25) is 5.82 Å². The van der Waals surface area contributed by atoms with Crippen molar-refractivity contribution in [3.05, 3.63) is 60.0 Å². The Morgan fingerprint density at radius 3 is 2.38 bits per heavy atom. The van der Waals surface area contributed by atoms with Crippen LogP contribution in [0.3, 0.4) is 0 Å². The van der Waals surface area contributed by atoms with Crippen molar-refractivity contribution in [2.45, 2.75) is 0 Å². The van der Waals surface area contributed by atoms with Crippen LogP contribution in [-0.4, -0.2) is 46.8 Å². The highest BCUT2D eigenvalue weighted by atomic mass is 16.5. The topological polar surface area (TPSA) is 110 Å². The molecule has 0 aliphatic carbocycles. The average molecular weight is 353 g/mol. The first-order chi connectivity index (χ1) is 12.7. The molecule has 0 bridgehead atoms. The highest BCUT2D eigenvalue weighted by Gasteiger charge is 2.27. The van der Waals surface area contributed by atoms with E-state index >= 15 is 0 Å². The second-order valence-electron chi connectivity index (χ2n) is 5.10. The maximum Gasteiger partial charge on any atom is 0.355 e. The fraction of sp³-hybridized carbons (Fsp3) is 0.118. The minimum Gasteiger partial charge on any atom is -0.465 e. The van der Waals surface area contributed by atoms with E-state index in [1.165, 1.54) is 20.3 Å². The second kappa shape index (κ2) is 7.43. The maximum atomic E-state index is 12.4. The van der Waals surface area contributed by atoms with E-state index in [1.54, 1.807) is 47.5 Å². The fourth-order valence-electron chi connectivity index (χ4n) is 2.42. The summed E-state index contributed by atoms with van der Waals surface area (Å²) in [4.78, 5) is 26.0. The minimum absolute atomic E-state index is 0.0525. The summed E-state index contributed by atoms with van der Waals surface area (Å²) in [5.74, 6) is -0.855. The quantitative estimate of drug-likeness (QED) is 0.820. The van der Waals surface area contributed by atoms with E-state index in [9.17, 15) is 9.59 Å². The van der Waals surface area contributed by atoms with Crippen molar-refractivity contribution in [1.29, 1.82) is 0 Å². The number of carbonyl (C=O) groups is 2. The molecule has 9 heteroatoms. The smallest absolute Gasteiger partial charge is 0.355 e. The van der Waals surface area contributed by atoms with E-state index in [4.69, 9.17) is 9.47 Å². The molecule has 0 saturated heterocycles. The van der Waals surface area contributed by atoms with Gasteiger partial charge in [-0.15, -0.1) is 10.2 Å². The molecule has 132 valence electrons. The molecule has 0 spiro atoms. The van der Waals surface area contributed by atoms with Crippen molar-refractivity contribution in [3.63, 3.8) is 0 Å². The van der Waals surface area contributed by atoms with Gasteiger partial charge in [-0.2, -0.15) is 5.21 Å². The van der Waals surface area contributed by atoms with Crippen LogP contribution in [0.25, 0.3) is 11.4 Å². The molecular weight excluding hydrogens is 338 g/mol.